The second-order valence-corrected chi connectivity index (χ2v) is 10.1. The summed E-state index contributed by atoms with van der Waals surface area (Å²) < 4.78 is 0. The van der Waals surface area contributed by atoms with Gasteiger partial charge in [0.25, 0.3) is 5.91 Å². The summed E-state index contributed by atoms with van der Waals surface area (Å²) in [6.07, 6.45) is 2.60. The van der Waals surface area contributed by atoms with Crippen molar-refractivity contribution in [3.63, 3.8) is 0 Å². The van der Waals surface area contributed by atoms with Crippen molar-refractivity contribution in [2.24, 2.45) is 0 Å². The first-order chi connectivity index (χ1) is 15.5. The number of aliphatic hydroxyl groups is 1. The first kappa shape index (κ1) is 22.0. The molecule has 0 aromatic heterocycles. The van der Waals surface area contributed by atoms with Gasteiger partial charge in [0.2, 0.25) is 0 Å². The Hall–Kier alpha value is -1.79. The van der Waals surface area contributed by atoms with Crippen LogP contribution in [0.5, 0.6) is 0 Å². The van der Waals surface area contributed by atoms with Crippen LogP contribution in [0.1, 0.15) is 41.1 Å². The molecule has 3 aliphatic rings. The number of halogens is 2. The maximum Gasteiger partial charge on any atom is 0.255 e. The average molecular weight is 474 g/mol. The molecule has 1 amide bonds. The highest BCUT2D eigenvalue weighted by molar-refractivity contribution is 6.36. The SMILES string of the molecule is O=C(c1cccc(N2CC[C@@H](O)C2)c1Cl)N1CCN2C[C@@H](c3ccc(Cl)cc3)CC[C@@H]2C1. The number of fused-ring (bicyclic) bond motifs is 1. The van der Waals surface area contributed by atoms with Gasteiger partial charge in [-0.15, -0.1) is 0 Å². The molecule has 0 aliphatic carbocycles. The maximum absolute atomic E-state index is 13.4. The van der Waals surface area contributed by atoms with Gasteiger partial charge in [0.15, 0.2) is 0 Å². The molecule has 5 rings (SSSR count). The number of piperidine rings is 1. The van der Waals surface area contributed by atoms with E-state index in [1.54, 1.807) is 0 Å². The fourth-order valence-corrected chi connectivity index (χ4v) is 5.88. The number of piperazine rings is 1. The van der Waals surface area contributed by atoms with E-state index in [1.165, 1.54) is 5.56 Å². The number of hydrogen-bond donors (Lipinski definition) is 1. The molecular weight excluding hydrogens is 445 g/mol. The monoisotopic (exact) mass is 473 g/mol. The van der Waals surface area contributed by atoms with Crippen LogP contribution in [0, 0.1) is 0 Å². The predicted octanol–water partition coefficient (Wildman–Crippen LogP) is 4.27. The van der Waals surface area contributed by atoms with Crippen molar-refractivity contribution in [2.75, 3.05) is 44.2 Å². The highest BCUT2D eigenvalue weighted by Gasteiger charge is 2.36. The lowest BCUT2D eigenvalue weighted by molar-refractivity contribution is 0.0329. The fraction of sp³-hybridized carbons (Fsp3) is 0.480. The number of benzene rings is 2. The van der Waals surface area contributed by atoms with E-state index in [1.807, 2.05) is 35.2 Å². The zero-order valence-electron chi connectivity index (χ0n) is 18.1. The van der Waals surface area contributed by atoms with E-state index in [9.17, 15) is 9.90 Å². The Kier molecular flexibility index (Phi) is 6.35. The number of carbonyl (C=O) groups is 1. The molecule has 5 nitrogen and oxygen atoms in total. The van der Waals surface area contributed by atoms with E-state index in [-0.39, 0.29) is 12.0 Å². The van der Waals surface area contributed by atoms with Gasteiger partial charge in [-0.1, -0.05) is 41.4 Å². The molecule has 0 bridgehead atoms. The average Bonchev–Trinajstić information content (AvgIpc) is 3.24. The van der Waals surface area contributed by atoms with Crippen molar-refractivity contribution in [3.05, 3.63) is 63.6 Å². The van der Waals surface area contributed by atoms with E-state index in [0.717, 1.165) is 56.2 Å². The van der Waals surface area contributed by atoms with Crippen molar-refractivity contribution in [1.29, 1.82) is 0 Å². The zero-order valence-corrected chi connectivity index (χ0v) is 19.6. The summed E-state index contributed by atoms with van der Waals surface area (Å²) in [5.74, 6) is 0.531. The lowest BCUT2D eigenvalue weighted by Gasteiger charge is -2.46. The lowest BCUT2D eigenvalue weighted by Crippen LogP contribution is -2.57. The van der Waals surface area contributed by atoms with Gasteiger partial charge in [0.1, 0.15) is 0 Å². The molecule has 0 radical (unpaired) electrons. The van der Waals surface area contributed by atoms with Crippen LogP contribution in [-0.4, -0.2) is 72.2 Å². The molecule has 0 unspecified atom stereocenters. The number of β-amino-alcohol motifs (C(OH)–C–C–N with tert-alkyl or cyclic N) is 1. The van der Waals surface area contributed by atoms with Gasteiger partial charge in [0.05, 0.1) is 22.4 Å². The van der Waals surface area contributed by atoms with Crippen molar-refractivity contribution in [3.8, 4) is 0 Å². The van der Waals surface area contributed by atoms with Crippen molar-refractivity contribution < 1.29 is 9.90 Å². The van der Waals surface area contributed by atoms with E-state index in [2.05, 4.69) is 21.9 Å². The molecule has 0 saturated carbocycles. The third kappa shape index (κ3) is 4.36. The van der Waals surface area contributed by atoms with Gasteiger partial charge in [-0.25, -0.2) is 0 Å². The Morgan fingerprint density at radius 1 is 0.906 bits per heavy atom. The molecule has 2 aromatic carbocycles. The molecule has 3 fully saturated rings. The number of aliphatic hydroxyl groups excluding tert-OH is 1. The minimum atomic E-state index is -0.332. The summed E-state index contributed by atoms with van der Waals surface area (Å²) in [6.45, 7) is 4.69. The van der Waals surface area contributed by atoms with Crippen LogP contribution in [0.2, 0.25) is 10.0 Å². The van der Waals surface area contributed by atoms with Crippen LogP contribution in [0.25, 0.3) is 0 Å². The highest BCUT2D eigenvalue weighted by atomic mass is 35.5. The molecule has 32 heavy (non-hydrogen) atoms. The summed E-state index contributed by atoms with van der Waals surface area (Å²) in [5.41, 5.74) is 2.76. The van der Waals surface area contributed by atoms with E-state index < -0.39 is 0 Å². The summed E-state index contributed by atoms with van der Waals surface area (Å²) in [5, 5.41) is 11.2. The Bertz CT molecular complexity index is 984. The molecular formula is C25H29Cl2N3O2. The normalized spacial score (nSPS) is 26.3. The van der Waals surface area contributed by atoms with Crippen LogP contribution in [0.3, 0.4) is 0 Å². The highest BCUT2D eigenvalue weighted by Crippen LogP contribution is 2.35. The molecule has 3 saturated heterocycles. The number of anilines is 1. The predicted molar refractivity (Wildman–Crippen MR) is 129 cm³/mol. The van der Waals surface area contributed by atoms with Crippen LogP contribution in [0.4, 0.5) is 5.69 Å². The molecule has 2 aromatic rings. The first-order valence-electron chi connectivity index (χ1n) is 11.5. The molecule has 7 heteroatoms. The molecule has 170 valence electrons. The Labute approximate surface area is 199 Å². The van der Waals surface area contributed by atoms with E-state index in [0.29, 0.717) is 35.6 Å². The first-order valence-corrected chi connectivity index (χ1v) is 12.3. The fourth-order valence-electron chi connectivity index (χ4n) is 5.43. The van der Waals surface area contributed by atoms with Crippen molar-refractivity contribution >= 4 is 34.8 Å². The van der Waals surface area contributed by atoms with Crippen LogP contribution in [0.15, 0.2) is 42.5 Å². The summed E-state index contributed by atoms with van der Waals surface area (Å²) in [6, 6.07) is 14.3. The second kappa shape index (κ2) is 9.22. The minimum absolute atomic E-state index is 0.0103. The summed E-state index contributed by atoms with van der Waals surface area (Å²) >= 11 is 12.7. The Balaban J connectivity index is 1.25. The number of carbonyl (C=O) groups excluding carboxylic acids is 1. The smallest absolute Gasteiger partial charge is 0.255 e. The third-order valence-electron chi connectivity index (χ3n) is 7.25. The van der Waals surface area contributed by atoms with Gasteiger partial charge < -0.3 is 14.9 Å². The summed E-state index contributed by atoms with van der Waals surface area (Å²) in [4.78, 5) is 20.0. The minimum Gasteiger partial charge on any atom is -0.391 e. The van der Waals surface area contributed by atoms with Gasteiger partial charge >= 0.3 is 0 Å². The van der Waals surface area contributed by atoms with Crippen molar-refractivity contribution in [2.45, 2.75) is 37.3 Å². The van der Waals surface area contributed by atoms with E-state index in [4.69, 9.17) is 23.2 Å². The van der Waals surface area contributed by atoms with Crippen LogP contribution >= 0.6 is 23.2 Å². The molecule has 3 atom stereocenters. The quantitative estimate of drug-likeness (QED) is 0.722. The molecule has 3 aliphatic heterocycles. The third-order valence-corrected chi connectivity index (χ3v) is 7.90. The second-order valence-electron chi connectivity index (χ2n) is 9.25. The largest absolute Gasteiger partial charge is 0.391 e. The Morgan fingerprint density at radius 3 is 2.47 bits per heavy atom. The Morgan fingerprint density at radius 2 is 1.72 bits per heavy atom. The van der Waals surface area contributed by atoms with Gasteiger partial charge in [0, 0.05) is 50.3 Å². The van der Waals surface area contributed by atoms with Gasteiger partial charge in [-0.2, -0.15) is 0 Å². The van der Waals surface area contributed by atoms with Crippen molar-refractivity contribution in [1.82, 2.24) is 9.80 Å². The van der Waals surface area contributed by atoms with Crippen LogP contribution < -0.4 is 4.90 Å². The molecule has 3 heterocycles. The molecule has 1 N–H and O–H groups in total. The number of amides is 1. The van der Waals surface area contributed by atoms with Gasteiger partial charge in [-0.3, -0.25) is 9.69 Å². The number of hydrogen-bond acceptors (Lipinski definition) is 4. The van der Waals surface area contributed by atoms with Crippen LogP contribution in [-0.2, 0) is 0 Å². The summed E-state index contributed by atoms with van der Waals surface area (Å²) in [7, 11) is 0. The topological polar surface area (TPSA) is 47.0 Å². The zero-order chi connectivity index (χ0) is 22.2. The maximum atomic E-state index is 13.4. The number of rotatable bonds is 3. The van der Waals surface area contributed by atoms with E-state index >= 15 is 0 Å². The van der Waals surface area contributed by atoms with Gasteiger partial charge in [-0.05, 0) is 55.0 Å². The lowest BCUT2D eigenvalue weighted by atomic mass is 9.86. The standard InChI is InChI=1S/C25H29Cl2N3O2/c26-19-7-4-17(5-8-19)18-6-9-20-15-30(13-12-28(20)14-18)25(32)22-2-1-3-23(24(22)27)29-11-10-21(31)16-29/h1-5,7-8,18,20-21,31H,6,9-16H2/t18-,20+,21+/m0/s1. The number of nitrogens with zero attached hydrogens (tertiary/aromatic N) is 3. The molecule has 0 spiro atoms.